The minimum Gasteiger partial charge on any atom is -0.369 e. The van der Waals surface area contributed by atoms with E-state index in [2.05, 4.69) is 16.2 Å². The molecule has 106 valence electrons. The Morgan fingerprint density at radius 3 is 2.62 bits per heavy atom. The normalized spacial score (nSPS) is 10.9. The number of anilines is 1. The van der Waals surface area contributed by atoms with Crippen molar-refractivity contribution in [3.63, 3.8) is 0 Å². The lowest BCUT2D eigenvalue weighted by Gasteiger charge is -2.08. The van der Waals surface area contributed by atoms with Crippen LogP contribution in [0.1, 0.15) is 18.2 Å². The summed E-state index contributed by atoms with van der Waals surface area (Å²) in [6, 6.07) is 9.91. The summed E-state index contributed by atoms with van der Waals surface area (Å²) < 4.78 is 3.80. The number of imidazole rings is 1. The maximum atomic E-state index is 8.73. The highest BCUT2D eigenvalue weighted by atomic mass is 15.4. The summed E-state index contributed by atoms with van der Waals surface area (Å²) in [7, 11) is 0. The van der Waals surface area contributed by atoms with Crippen LogP contribution in [0.4, 0.5) is 5.95 Å². The lowest BCUT2D eigenvalue weighted by Crippen LogP contribution is -2.06. The Labute approximate surface area is 122 Å². The Balaban J connectivity index is 2.19. The van der Waals surface area contributed by atoms with Gasteiger partial charge in [0.1, 0.15) is 5.52 Å². The predicted octanol–water partition coefficient (Wildman–Crippen LogP) is 2.20. The molecule has 0 aliphatic heterocycles. The SMILES string of the molecule is CCn1nc(C)c2nc(N)n(-c3ccc(CC#N)cc3)c21. The zero-order valence-corrected chi connectivity index (χ0v) is 12.0. The topological polar surface area (TPSA) is 85.5 Å². The quantitative estimate of drug-likeness (QED) is 0.797. The number of rotatable bonds is 3. The van der Waals surface area contributed by atoms with E-state index in [0.717, 1.165) is 34.7 Å². The van der Waals surface area contributed by atoms with Crippen LogP contribution in [0.2, 0.25) is 0 Å². The summed E-state index contributed by atoms with van der Waals surface area (Å²) >= 11 is 0. The van der Waals surface area contributed by atoms with E-state index in [-0.39, 0.29) is 0 Å². The molecule has 6 nitrogen and oxygen atoms in total. The molecule has 0 radical (unpaired) electrons. The van der Waals surface area contributed by atoms with Gasteiger partial charge in [-0.05, 0) is 31.5 Å². The highest BCUT2D eigenvalue weighted by Gasteiger charge is 2.17. The summed E-state index contributed by atoms with van der Waals surface area (Å²) in [5.74, 6) is 0.445. The molecule has 0 amide bonds. The van der Waals surface area contributed by atoms with Gasteiger partial charge in [-0.15, -0.1) is 0 Å². The lowest BCUT2D eigenvalue weighted by atomic mass is 10.1. The molecule has 6 heteroatoms. The molecule has 3 aromatic rings. The molecule has 0 spiro atoms. The molecule has 0 saturated carbocycles. The molecule has 2 heterocycles. The first-order chi connectivity index (χ1) is 10.2. The van der Waals surface area contributed by atoms with Gasteiger partial charge in [-0.2, -0.15) is 10.4 Å². The smallest absolute Gasteiger partial charge is 0.207 e. The molecular weight excluding hydrogens is 264 g/mol. The number of nitrogen functional groups attached to an aromatic ring is 1. The molecule has 0 atom stereocenters. The Kier molecular flexibility index (Phi) is 3.10. The fraction of sp³-hybridized carbons (Fsp3) is 0.267. The molecule has 1 aromatic carbocycles. The van der Waals surface area contributed by atoms with Crippen molar-refractivity contribution in [3.05, 3.63) is 35.5 Å². The second-order valence-electron chi connectivity index (χ2n) is 4.88. The first kappa shape index (κ1) is 13.2. The molecule has 0 aliphatic carbocycles. The minimum atomic E-state index is 0.404. The summed E-state index contributed by atoms with van der Waals surface area (Å²) in [4.78, 5) is 4.42. The third kappa shape index (κ3) is 2.03. The number of hydrogen-bond donors (Lipinski definition) is 1. The Hall–Kier alpha value is -2.81. The Morgan fingerprint density at radius 1 is 1.29 bits per heavy atom. The zero-order chi connectivity index (χ0) is 15.0. The number of nitrogens with zero attached hydrogens (tertiary/aromatic N) is 5. The van der Waals surface area contributed by atoms with Crippen molar-refractivity contribution < 1.29 is 0 Å². The first-order valence-electron chi connectivity index (χ1n) is 6.83. The van der Waals surface area contributed by atoms with Crippen molar-refractivity contribution >= 4 is 17.1 Å². The number of aryl methyl sites for hydroxylation is 2. The van der Waals surface area contributed by atoms with Gasteiger partial charge in [0.15, 0.2) is 5.65 Å². The van der Waals surface area contributed by atoms with Gasteiger partial charge in [0, 0.05) is 6.54 Å². The van der Waals surface area contributed by atoms with Crippen molar-refractivity contribution in [1.82, 2.24) is 19.3 Å². The van der Waals surface area contributed by atoms with Gasteiger partial charge in [-0.3, -0.25) is 4.57 Å². The van der Waals surface area contributed by atoms with Gasteiger partial charge >= 0.3 is 0 Å². The van der Waals surface area contributed by atoms with Crippen LogP contribution in [0.5, 0.6) is 0 Å². The minimum absolute atomic E-state index is 0.404. The van der Waals surface area contributed by atoms with Crippen molar-refractivity contribution in [1.29, 1.82) is 5.26 Å². The molecule has 0 fully saturated rings. The van der Waals surface area contributed by atoms with Crippen LogP contribution in [0.3, 0.4) is 0 Å². The van der Waals surface area contributed by atoms with Gasteiger partial charge in [-0.25, -0.2) is 9.67 Å². The number of nitrogens with two attached hydrogens (primary N) is 1. The first-order valence-corrected chi connectivity index (χ1v) is 6.83. The third-order valence-corrected chi connectivity index (χ3v) is 3.51. The third-order valence-electron chi connectivity index (χ3n) is 3.51. The molecule has 3 rings (SSSR count). The molecule has 2 N–H and O–H groups in total. The van der Waals surface area contributed by atoms with Gasteiger partial charge in [-0.1, -0.05) is 12.1 Å². The second kappa shape index (κ2) is 4.94. The number of hydrogen-bond acceptors (Lipinski definition) is 4. The molecule has 2 aromatic heterocycles. The van der Waals surface area contributed by atoms with Crippen LogP contribution in [-0.2, 0) is 13.0 Å². The fourth-order valence-corrected chi connectivity index (χ4v) is 2.51. The Bertz CT molecular complexity index is 832. The Morgan fingerprint density at radius 2 is 2.00 bits per heavy atom. The van der Waals surface area contributed by atoms with E-state index in [1.165, 1.54) is 0 Å². The summed E-state index contributed by atoms with van der Waals surface area (Å²) in [6.07, 6.45) is 0.404. The monoisotopic (exact) mass is 280 g/mol. The van der Waals surface area contributed by atoms with Gasteiger partial charge in [0.2, 0.25) is 5.95 Å². The molecule has 0 bridgehead atoms. The second-order valence-corrected chi connectivity index (χ2v) is 4.88. The highest BCUT2D eigenvalue weighted by molar-refractivity contribution is 5.80. The number of nitriles is 1. The van der Waals surface area contributed by atoms with Gasteiger partial charge in [0.25, 0.3) is 0 Å². The van der Waals surface area contributed by atoms with Crippen molar-refractivity contribution in [2.45, 2.75) is 26.8 Å². The molecule has 0 saturated heterocycles. The average Bonchev–Trinajstić information content (AvgIpc) is 2.97. The lowest BCUT2D eigenvalue weighted by molar-refractivity contribution is 0.663. The van der Waals surface area contributed by atoms with Crippen LogP contribution in [0, 0.1) is 18.3 Å². The van der Waals surface area contributed by atoms with E-state index in [9.17, 15) is 0 Å². The maximum Gasteiger partial charge on any atom is 0.207 e. The number of benzene rings is 1. The zero-order valence-electron chi connectivity index (χ0n) is 12.0. The average molecular weight is 280 g/mol. The van der Waals surface area contributed by atoms with Gasteiger partial charge < -0.3 is 5.73 Å². The number of fused-ring (bicyclic) bond motifs is 1. The van der Waals surface area contributed by atoms with E-state index >= 15 is 0 Å². The predicted molar refractivity (Wildman–Crippen MR) is 81.0 cm³/mol. The van der Waals surface area contributed by atoms with Crippen LogP contribution in [0.25, 0.3) is 16.9 Å². The van der Waals surface area contributed by atoms with Gasteiger partial charge in [0.05, 0.1) is 23.9 Å². The van der Waals surface area contributed by atoms with Crippen LogP contribution >= 0.6 is 0 Å². The van der Waals surface area contributed by atoms with Crippen LogP contribution in [-0.4, -0.2) is 19.3 Å². The van der Waals surface area contributed by atoms with Crippen LogP contribution in [0.15, 0.2) is 24.3 Å². The standard InChI is InChI=1S/C15H16N6/c1-3-20-14-13(10(2)19-20)18-15(17)21(14)12-6-4-11(5-7-12)8-9-16/h4-7H,3,8H2,1-2H3,(H2,17,18). The molecular formula is C15H16N6. The van der Waals surface area contributed by atoms with E-state index < -0.39 is 0 Å². The van der Waals surface area contributed by atoms with E-state index in [0.29, 0.717) is 12.4 Å². The highest BCUT2D eigenvalue weighted by Crippen LogP contribution is 2.25. The molecule has 0 unspecified atom stereocenters. The fourth-order valence-electron chi connectivity index (χ4n) is 2.51. The van der Waals surface area contributed by atoms with Crippen molar-refractivity contribution in [2.75, 3.05) is 5.73 Å². The summed E-state index contributed by atoms with van der Waals surface area (Å²) in [6.45, 7) is 4.72. The van der Waals surface area contributed by atoms with Crippen LogP contribution < -0.4 is 5.73 Å². The maximum absolute atomic E-state index is 8.73. The van der Waals surface area contributed by atoms with Crippen molar-refractivity contribution in [2.24, 2.45) is 0 Å². The largest absolute Gasteiger partial charge is 0.369 e. The summed E-state index contributed by atoms with van der Waals surface area (Å²) in [5.41, 5.74) is 10.6. The van der Waals surface area contributed by atoms with E-state index in [1.54, 1.807) is 0 Å². The van der Waals surface area contributed by atoms with E-state index in [4.69, 9.17) is 11.0 Å². The van der Waals surface area contributed by atoms with Crippen molar-refractivity contribution in [3.8, 4) is 11.8 Å². The summed E-state index contributed by atoms with van der Waals surface area (Å²) in [5, 5.41) is 13.2. The number of aromatic nitrogens is 4. The van der Waals surface area contributed by atoms with E-state index in [1.807, 2.05) is 47.4 Å². The molecule has 21 heavy (non-hydrogen) atoms. The molecule has 0 aliphatic rings.